The molecule has 0 radical (unpaired) electrons. The van der Waals surface area contributed by atoms with Crippen LogP contribution >= 0.6 is 11.8 Å². The Hall–Kier alpha value is -1.55. The van der Waals surface area contributed by atoms with Crippen molar-refractivity contribution >= 4 is 29.0 Å². The first kappa shape index (κ1) is 11.0. The second-order valence-electron chi connectivity index (χ2n) is 3.45. The van der Waals surface area contributed by atoms with E-state index in [4.69, 9.17) is 0 Å². The largest absolute Gasteiger partial charge is 0.290 e. The first-order valence-corrected chi connectivity index (χ1v) is 5.84. The van der Waals surface area contributed by atoms with Crippen LogP contribution in [0.4, 0.5) is 4.79 Å². The van der Waals surface area contributed by atoms with Crippen molar-refractivity contribution in [2.45, 2.75) is 13.3 Å². The van der Waals surface area contributed by atoms with E-state index in [0.29, 0.717) is 4.91 Å². The number of imide groups is 1. The van der Waals surface area contributed by atoms with E-state index in [1.807, 2.05) is 24.3 Å². The fourth-order valence-electron chi connectivity index (χ4n) is 1.42. The molecule has 1 aromatic rings. The van der Waals surface area contributed by atoms with E-state index >= 15 is 0 Å². The molecular formula is C12H11NO2S. The van der Waals surface area contributed by atoms with Crippen LogP contribution in [-0.4, -0.2) is 11.1 Å². The van der Waals surface area contributed by atoms with Crippen molar-refractivity contribution < 1.29 is 9.59 Å². The Morgan fingerprint density at radius 3 is 2.44 bits per heavy atom. The number of carbonyl (C=O) groups excluding carboxylic acids is 2. The number of benzene rings is 1. The second-order valence-corrected chi connectivity index (χ2v) is 4.46. The van der Waals surface area contributed by atoms with Crippen LogP contribution in [0.25, 0.3) is 6.08 Å². The zero-order valence-corrected chi connectivity index (χ0v) is 9.64. The van der Waals surface area contributed by atoms with Gasteiger partial charge in [0.25, 0.3) is 11.1 Å². The maximum Gasteiger partial charge on any atom is 0.290 e. The quantitative estimate of drug-likeness (QED) is 0.798. The predicted octanol–water partition coefficient (Wildman–Crippen LogP) is 2.57. The molecule has 0 unspecified atom stereocenters. The number of rotatable bonds is 2. The summed E-state index contributed by atoms with van der Waals surface area (Å²) >= 11 is 0.940. The maximum atomic E-state index is 11.3. The van der Waals surface area contributed by atoms with Crippen molar-refractivity contribution in [1.82, 2.24) is 5.32 Å². The van der Waals surface area contributed by atoms with Crippen LogP contribution in [0.15, 0.2) is 29.2 Å². The molecule has 1 aliphatic heterocycles. The fourth-order valence-corrected chi connectivity index (χ4v) is 2.10. The molecule has 16 heavy (non-hydrogen) atoms. The monoisotopic (exact) mass is 233 g/mol. The molecule has 2 rings (SSSR count). The molecule has 1 heterocycles. The van der Waals surface area contributed by atoms with E-state index in [1.54, 1.807) is 6.08 Å². The van der Waals surface area contributed by atoms with Gasteiger partial charge in [-0.05, 0) is 35.4 Å². The van der Waals surface area contributed by atoms with Crippen LogP contribution in [-0.2, 0) is 11.2 Å². The topological polar surface area (TPSA) is 46.2 Å². The van der Waals surface area contributed by atoms with E-state index in [1.165, 1.54) is 5.56 Å². The summed E-state index contributed by atoms with van der Waals surface area (Å²) < 4.78 is 0. The molecule has 3 nitrogen and oxygen atoms in total. The molecular weight excluding hydrogens is 222 g/mol. The molecule has 0 aliphatic carbocycles. The molecule has 4 heteroatoms. The van der Waals surface area contributed by atoms with Crippen LogP contribution in [0.3, 0.4) is 0 Å². The van der Waals surface area contributed by atoms with Gasteiger partial charge in [-0.1, -0.05) is 31.2 Å². The van der Waals surface area contributed by atoms with Crippen LogP contribution in [0.2, 0.25) is 0 Å². The summed E-state index contributed by atoms with van der Waals surface area (Å²) in [7, 11) is 0. The van der Waals surface area contributed by atoms with Gasteiger partial charge in [0.15, 0.2) is 0 Å². The molecule has 1 fully saturated rings. The lowest BCUT2D eigenvalue weighted by atomic mass is 10.1. The molecule has 82 valence electrons. The van der Waals surface area contributed by atoms with Crippen molar-refractivity contribution in [1.29, 1.82) is 0 Å². The van der Waals surface area contributed by atoms with Gasteiger partial charge in [0, 0.05) is 0 Å². The molecule has 0 atom stereocenters. The van der Waals surface area contributed by atoms with Crippen molar-refractivity contribution in [2.75, 3.05) is 0 Å². The Morgan fingerprint density at radius 1 is 1.25 bits per heavy atom. The summed E-state index contributed by atoms with van der Waals surface area (Å²) in [5.41, 5.74) is 2.19. The lowest BCUT2D eigenvalue weighted by Crippen LogP contribution is -2.17. The Morgan fingerprint density at radius 2 is 1.94 bits per heavy atom. The standard InChI is InChI=1S/C12H11NO2S/c1-2-8-3-5-9(6-4-8)7-10-11(14)13-12(15)16-10/h3-7H,2H2,1H3,(H,13,14,15)/b10-7+. The average molecular weight is 233 g/mol. The summed E-state index contributed by atoms with van der Waals surface area (Å²) in [5.74, 6) is -0.311. The van der Waals surface area contributed by atoms with E-state index in [9.17, 15) is 9.59 Å². The summed E-state index contributed by atoms with van der Waals surface area (Å²) in [4.78, 5) is 22.7. The van der Waals surface area contributed by atoms with Gasteiger partial charge in [-0.15, -0.1) is 0 Å². The second kappa shape index (κ2) is 4.53. The van der Waals surface area contributed by atoms with Crippen LogP contribution in [0, 0.1) is 0 Å². The highest BCUT2D eigenvalue weighted by molar-refractivity contribution is 8.18. The van der Waals surface area contributed by atoms with Gasteiger partial charge in [0.2, 0.25) is 0 Å². The third-order valence-corrected chi connectivity index (χ3v) is 3.14. The van der Waals surface area contributed by atoms with Gasteiger partial charge in [-0.3, -0.25) is 14.9 Å². The molecule has 1 aliphatic rings. The van der Waals surface area contributed by atoms with E-state index in [-0.39, 0.29) is 11.1 Å². The molecule has 0 aromatic heterocycles. The Labute approximate surface area is 97.9 Å². The molecule has 0 bridgehead atoms. The summed E-state index contributed by atoms with van der Waals surface area (Å²) in [6.45, 7) is 2.09. The molecule has 1 saturated heterocycles. The minimum Gasteiger partial charge on any atom is -0.282 e. The van der Waals surface area contributed by atoms with Crippen molar-refractivity contribution in [3.63, 3.8) is 0 Å². The number of carbonyl (C=O) groups is 2. The van der Waals surface area contributed by atoms with E-state index < -0.39 is 0 Å². The molecule has 1 aromatic carbocycles. The van der Waals surface area contributed by atoms with E-state index in [0.717, 1.165) is 23.7 Å². The zero-order valence-electron chi connectivity index (χ0n) is 8.82. The normalized spacial score (nSPS) is 17.9. The van der Waals surface area contributed by atoms with Gasteiger partial charge in [0.05, 0.1) is 4.91 Å². The third-order valence-electron chi connectivity index (χ3n) is 2.33. The number of amides is 2. The zero-order chi connectivity index (χ0) is 11.5. The summed E-state index contributed by atoms with van der Waals surface area (Å²) in [5, 5.41) is 1.92. The number of nitrogens with one attached hydrogen (secondary N) is 1. The lowest BCUT2D eigenvalue weighted by Gasteiger charge is -1.97. The third kappa shape index (κ3) is 2.33. The molecule has 2 amide bonds. The van der Waals surface area contributed by atoms with Crippen LogP contribution in [0.5, 0.6) is 0 Å². The highest BCUT2D eigenvalue weighted by Gasteiger charge is 2.24. The summed E-state index contributed by atoms with van der Waals surface area (Å²) in [6, 6.07) is 7.93. The van der Waals surface area contributed by atoms with Crippen LogP contribution < -0.4 is 5.32 Å². The van der Waals surface area contributed by atoms with Crippen molar-refractivity contribution in [3.8, 4) is 0 Å². The Bertz CT molecular complexity index is 462. The fraction of sp³-hybridized carbons (Fsp3) is 0.167. The van der Waals surface area contributed by atoms with Crippen molar-refractivity contribution in [2.24, 2.45) is 0 Å². The van der Waals surface area contributed by atoms with Gasteiger partial charge < -0.3 is 0 Å². The predicted molar refractivity (Wildman–Crippen MR) is 64.9 cm³/mol. The number of aryl methyl sites for hydroxylation is 1. The Kier molecular flexibility index (Phi) is 3.10. The number of hydrogen-bond donors (Lipinski definition) is 1. The lowest BCUT2D eigenvalue weighted by molar-refractivity contribution is -0.115. The smallest absolute Gasteiger partial charge is 0.282 e. The molecule has 0 spiro atoms. The highest BCUT2D eigenvalue weighted by Crippen LogP contribution is 2.25. The van der Waals surface area contributed by atoms with Gasteiger partial charge in [-0.2, -0.15) is 0 Å². The average Bonchev–Trinajstić information content (AvgIpc) is 2.59. The van der Waals surface area contributed by atoms with E-state index in [2.05, 4.69) is 12.2 Å². The van der Waals surface area contributed by atoms with Crippen molar-refractivity contribution in [3.05, 3.63) is 40.3 Å². The van der Waals surface area contributed by atoms with Gasteiger partial charge in [0.1, 0.15) is 0 Å². The van der Waals surface area contributed by atoms with Gasteiger partial charge >= 0.3 is 0 Å². The van der Waals surface area contributed by atoms with Crippen LogP contribution in [0.1, 0.15) is 18.1 Å². The maximum absolute atomic E-state index is 11.3. The molecule has 1 N–H and O–H groups in total. The SMILES string of the molecule is CCc1ccc(/C=C2/SC(=O)NC2=O)cc1. The molecule has 0 saturated carbocycles. The van der Waals surface area contributed by atoms with Gasteiger partial charge in [-0.25, -0.2) is 0 Å². The highest BCUT2D eigenvalue weighted by atomic mass is 32.2. The first-order chi connectivity index (χ1) is 7.69. The first-order valence-electron chi connectivity index (χ1n) is 5.03. The minimum absolute atomic E-state index is 0.304. The summed E-state index contributed by atoms with van der Waals surface area (Å²) in [6.07, 6.45) is 2.72. The minimum atomic E-state index is -0.311. The number of hydrogen-bond acceptors (Lipinski definition) is 3. The Balaban J connectivity index is 2.22. The number of thioether (sulfide) groups is 1.